The number of benzene rings is 1. The molecule has 26 heavy (non-hydrogen) atoms. The number of carbonyl (C=O) groups is 2. The van der Waals surface area contributed by atoms with E-state index >= 15 is 0 Å². The summed E-state index contributed by atoms with van der Waals surface area (Å²) in [6.07, 6.45) is 2.75. The highest BCUT2D eigenvalue weighted by atomic mass is 32.1. The quantitative estimate of drug-likeness (QED) is 0.849. The SMILES string of the molecule is Cc1ccc(-c2csc(NC(=O)[C@@H]3[C@@H]4CC[C@@H](C4)[C@@H]3C(=O)O)n2)cc1C. The highest BCUT2D eigenvalue weighted by molar-refractivity contribution is 7.14. The number of nitrogens with zero attached hydrogens (tertiary/aromatic N) is 1. The molecule has 1 amide bonds. The maximum absolute atomic E-state index is 12.8. The summed E-state index contributed by atoms with van der Waals surface area (Å²) in [5.41, 5.74) is 4.28. The van der Waals surface area contributed by atoms with Gasteiger partial charge in [-0.25, -0.2) is 4.98 Å². The van der Waals surface area contributed by atoms with Crippen LogP contribution in [0.15, 0.2) is 23.6 Å². The Morgan fingerprint density at radius 2 is 1.88 bits per heavy atom. The first kappa shape index (κ1) is 17.2. The Morgan fingerprint density at radius 3 is 2.58 bits per heavy atom. The molecule has 6 heteroatoms. The lowest BCUT2D eigenvalue weighted by Crippen LogP contribution is -2.37. The van der Waals surface area contributed by atoms with Crippen LogP contribution in [0.2, 0.25) is 0 Å². The number of carboxylic acid groups (broad SMARTS) is 1. The van der Waals surface area contributed by atoms with Crippen molar-refractivity contribution < 1.29 is 14.7 Å². The Morgan fingerprint density at radius 1 is 1.15 bits per heavy atom. The predicted octanol–water partition coefficient (Wildman–Crippen LogP) is 4.11. The molecule has 2 bridgehead atoms. The van der Waals surface area contributed by atoms with Gasteiger partial charge in [-0.05, 0) is 62.1 Å². The number of thiazole rings is 1. The van der Waals surface area contributed by atoms with Gasteiger partial charge in [0.2, 0.25) is 5.91 Å². The third-order valence-electron chi connectivity index (χ3n) is 6.04. The van der Waals surface area contributed by atoms with Crippen molar-refractivity contribution in [2.75, 3.05) is 5.32 Å². The monoisotopic (exact) mass is 370 g/mol. The van der Waals surface area contributed by atoms with Crippen LogP contribution in [0.3, 0.4) is 0 Å². The lowest BCUT2D eigenvalue weighted by molar-refractivity contribution is -0.148. The number of hydrogen-bond donors (Lipinski definition) is 2. The number of aliphatic carboxylic acids is 1. The van der Waals surface area contributed by atoms with Gasteiger partial charge < -0.3 is 10.4 Å². The van der Waals surface area contributed by atoms with Crippen LogP contribution in [0.5, 0.6) is 0 Å². The lowest BCUT2D eigenvalue weighted by Gasteiger charge is -2.26. The van der Waals surface area contributed by atoms with E-state index in [9.17, 15) is 14.7 Å². The molecule has 1 heterocycles. The van der Waals surface area contributed by atoms with Crippen molar-refractivity contribution >= 4 is 28.3 Å². The van der Waals surface area contributed by atoms with Crippen molar-refractivity contribution in [3.63, 3.8) is 0 Å². The molecule has 5 nitrogen and oxygen atoms in total. The van der Waals surface area contributed by atoms with Crippen LogP contribution in [-0.4, -0.2) is 22.0 Å². The second-order valence-electron chi connectivity index (χ2n) is 7.55. The predicted molar refractivity (Wildman–Crippen MR) is 101 cm³/mol. The fourth-order valence-electron chi connectivity index (χ4n) is 4.58. The van der Waals surface area contributed by atoms with Crippen LogP contribution >= 0.6 is 11.3 Å². The van der Waals surface area contributed by atoms with Gasteiger partial charge in [0, 0.05) is 10.9 Å². The molecule has 2 aromatic rings. The van der Waals surface area contributed by atoms with E-state index in [1.807, 2.05) is 11.4 Å². The number of carboxylic acids is 1. The number of anilines is 1. The number of rotatable bonds is 4. The number of aromatic nitrogens is 1. The summed E-state index contributed by atoms with van der Waals surface area (Å²) in [5, 5.41) is 14.9. The van der Waals surface area contributed by atoms with E-state index in [0.717, 1.165) is 30.5 Å². The van der Waals surface area contributed by atoms with E-state index in [2.05, 4.69) is 36.3 Å². The first-order valence-corrected chi connectivity index (χ1v) is 9.89. The Hall–Kier alpha value is -2.21. The molecule has 0 aliphatic heterocycles. The van der Waals surface area contributed by atoms with Crippen molar-refractivity contribution in [2.24, 2.45) is 23.7 Å². The number of aryl methyl sites for hydroxylation is 2. The smallest absolute Gasteiger partial charge is 0.307 e. The number of fused-ring (bicyclic) bond motifs is 2. The van der Waals surface area contributed by atoms with E-state index in [0.29, 0.717) is 5.13 Å². The molecule has 0 spiro atoms. The molecule has 2 aliphatic rings. The minimum absolute atomic E-state index is 0.149. The molecule has 136 valence electrons. The molecule has 4 atom stereocenters. The van der Waals surface area contributed by atoms with Gasteiger partial charge in [0.05, 0.1) is 17.5 Å². The number of nitrogens with one attached hydrogen (secondary N) is 1. The Kier molecular flexibility index (Phi) is 4.31. The van der Waals surface area contributed by atoms with E-state index in [4.69, 9.17) is 0 Å². The molecular weight excluding hydrogens is 348 g/mol. The summed E-state index contributed by atoms with van der Waals surface area (Å²) in [6, 6.07) is 6.18. The number of carbonyl (C=O) groups excluding carboxylic acids is 1. The van der Waals surface area contributed by atoms with Crippen LogP contribution in [0, 0.1) is 37.5 Å². The minimum atomic E-state index is -0.840. The first-order chi connectivity index (χ1) is 12.4. The van der Waals surface area contributed by atoms with Crippen LogP contribution < -0.4 is 5.32 Å². The molecule has 0 radical (unpaired) electrons. The van der Waals surface area contributed by atoms with Crippen LogP contribution in [0.1, 0.15) is 30.4 Å². The highest BCUT2D eigenvalue weighted by Crippen LogP contribution is 2.52. The van der Waals surface area contributed by atoms with E-state index in [-0.39, 0.29) is 17.7 Å². The van der Waals surface area contributed by atoms with Crippen molar-refractivity contribution in [2.45, 2.75) is 33.1 Å². The summed E-state index contributed by atoms with van der Waals surface area (Å²) in [5.74, 6) is -1.66. The second-order valence-corrected chi connectivity index (χ2v) is 8.41. The lowest BCUT2D eigenvalue weighted by atomic mass is 9.79. The van der Waals surface area contributed by atoms with Gasteiger partial charge in [-0.15, -0.1) is 11.3 Å². The zero-order valence-electron chi connectivity index (χ0n) is 14.9. The van der Waals surface area contributed by atoms with Crippen LogP contribution in [0.25, 0.3) is 11.3 Å². The third-order valence-corrected chi connectivity index (χ3v) is 6.80. The molecule has 1 aromatic heterocycles. The van der Waals surface area contributed by atoms with E-state index in [1.54, 1.807) is 0 Å². The van der Waals surface area contributed by atoms with Crippen molar-refractivity contribution in [3.8, 4) is 11.3 Å². The zero-order valence-corrected chi connectivity index (χ0v) is 15.7. The van der Waals surface area contributed by atoms with Gasteiger partial charge in [0.1, 0.15) is 0 Å². The second kappa shape index (κ2) is 6.50. The standard InChI is InChI=1S/C20H22N2O3S/c1-10-3-4-12(7-11(10)2)15-9-26-20(21-15)22-18(23)16-13-5-6-14(8-13)17(16)19(24)25/h3-4,7,9,13-14,16-17H,5-6,8H2,1-2H3,(H,24,25)(H,21,22,23)/t13-,14+,16-,17+/m1/s1. The Labute approximate surface area is 156 Å². The molecular formula is C20H22N2O3S. The number of amides is 1. The molecule has 1 aromatic carbocycles. The summed E-state index contributed by atoms with van der Waals surface area (Å²) in [7, 11) is 0. The Bertz CT molecular complexity index is 876. The van der Waals surface area contributed by atoms with Gasteiger partial charge in [-0.3, -0.25) is 9.59 Å². The molecule has 2 N–H and O–H groups in total. The van der Waals surface area contributed by atoms with Gasteiger partial charge >= 0.3 is 5.97 Å². The van der Waals surface area contributed by atoms with E-state index in [1.165, 1.54) is 22.5 Å². The molecule has 4 rings (SSSR count). The fourth-order valence-corrected chi connectivity index (χ4v) is 5.30. The summed E-state index contributed by atoms with van der Waals surface area (Å²) >= 11 is 1.38. The molecule has 2 saturated carbocycles. The normalized spacial score (nSPS) is 26.8. The highest BCUT2D eigenvalue weighted by Gasteiger charge is 2.54. The van der Waals surface area contributed by atoms with Crippen LogP contribution in [0.4, 0.5) is 5.13 Å². The average Bonchev–Trinajstić information content (AvgIpc) is 3.32. The number of hydrogen-bond acceptors (Lipinski definition) is 4. The maximum Gasteiger partial charge on any atom is 0.307 e. The van der Waals surface area contributed by atoms with Crippen LogP contribution in [-0.2, 0) is 9.59 Å². The summed E-state index contributed by atoms with van der Waals surface area (Å²) < 4.78 is 0. The van der Waals surface area contributed by atoms with Crippen molar-refractivity contribution in [3.05, 3.63) is 34.7 Å². The first-order valence-electron chi connectivity index (χ1n) is 9.01. The maximum atomic E-state index is 12.8. The minimum Gasteiger partial charge on any atom is -0.481 e. The van der Waals surface area contributed by atoms with Gasteiger partial charge in [-0.2, -0.15) is 0 Å². The largest absolute Gasteiger partial charge is 0.481 e. The molecule has 0 saturated heterocycles. The third kappa shape index (κ3) is 2.92. The average molecular weight is 370 g/mol. The van der Waals surface area contributed by atoms with E-state index < -0.39 is 17.8 Å². The molecule has 2 aliphatic carbocycles. The fraction of sp³-hybridized carbons (Fsp3) is 0.450. The zero-order chi connectivity index (χ0) is 18.4. The molecule has 0 unspecified atom stereocenters. The topological polar surface area (TPSA) is 79.3 Å². The Balaban J connectivity index is 1.51. The van der Waals surface area contributed by atoms with Gasteiger partial charge in [0.15, 0.2) is 5.13 Å². The van der Waals surface area contributed by atoms with Gasteiger partial charge in [-0.1, -0.05) is 12.1 Å². The van der Waals surface area contributed by atoms with Gasteiger partial charge in [0.25, 0.3) is 0 Å². The van der Waals surface area contributed by atoms with Crippen molar-refractivity contribution in [1.82, 2.24) is 4.98 Å². The molecule has 2 fully saturated rings. The summed E-state index contributed by atoms with van der Waals surface area (Å²) in [6.45, 7) is 4.13. The van der Waals surface area contributed by atoms with Crippen molar-refractivity contribution in [1.29, 1.82) is 0 Å². The summed E-state index contributed by atoms with van der Waals surface area (Å²) in [4.78, 5) is 28.9.